The molecule has 2 aliphatic rings. The molecule has 0 radical (unpaired) electrons. The Morgan fingerprint density at radius 2 is 2.30 bits per heavy atom. The highest BCUT2D eigenvalue weighted by atomic mass is 16.5. The summed E-state index contributed by atoms with van der Waals surface area (Å²) in [7, 11) is 0. The van der Waals surface area contributed by atoms with Crippen LogP contribution in [0.3, 0.4) is 0 Å². The van der Waals surface area contributed by atoms with E-state index < -0.39 is 0 Å². The summed E-state index contributed by atoms with van der Waals surface area (Å²) in [5.74, 6) is 0. The van der Waals surface area contributed by atoms with Gasteiger partial charge in [-0.25, -0.2) is 0 Å². The molecule has 2 aliphatic heterocycles. The lowest BCUT2D eigenvalue weighted by molar-refractivity contribution is 0.0788. The Morgan fingerprint density at radius 3 is 3.20 bits per heavy atom. The van der Waals surface area contributed by atoms with Crippen LogP contribution in [-0.2, 0) is 24.4 Å². The Kier molecular flexibility index (Phi) is 3.05. The minimum absolute atomic E-state index is 0.507. The van der Waals surface area contributed by atoms with Crippen molar-refractivity contribution in [2.24, 2.45) is 0 Å². The van der Waals surface area contributed by atoms with Crippen molar-refractivity contribution in [2.45, 2.75) is 32.2 Å². The quantitative estimate of drug-likeness (QED) is 0.839. The summed E-state index contributed by atoms with van der Waals surface area (Å²) in [6.45, 7) is 5.51. The first-order chi connectivity index (χ1) is 9.90. The molecule has 0 N–H and O–H groups in total. The zero-order valence-electron chi connectivity index (χ0n) is 11.5. The van der Waals surface area contributed by atoms with Gasteiger partial charge >= 0.3 is 0 Å². The highest BCUT2D eigenvalue weighted by Gasteiger charge is 2.25. The maximum absolute atomic E-state index is 5.55. The van der Waals surface area contributed by atoms with Gasteiger partial charge < -0.3 is 4.74 Å². The summed E-state index contributed by atoms with van der Waals surface area (Å²) in [5, 5.41) is 8.81. The first-order valence-electron chi connectivity index (χ1n) is 7.23. The number of ether oxygens (including phenoxy) is 1. The molecule has 20 heavy (non-hydrogen) atoms. The van der Waals surface area contributed by atoms with Gasteiger partial charge in [-0.05, 0) is 12.5 Å². The Bertz CT molecular complexity index is 576. The molecule has 6 nitrogen and oxygen atoms in total. The van der Waals surface area contributed by atoms with E-state index in [1.165, 1.54) is 17.7 Å². The monoisotopic (exact) mass is 273 g/mol. The minimum Gasteiger partial charge on any atom is -0.373 e. The van der Waals surface area contributed by atoms with Gasteiger partial charge in [0, 0.05) is 37.6 Å². The summed E-state index contributed by atoms with van der Waals surface area (Å²) in [5.41, 5.74) is 2.56. The molecule has 0 aromatic carbocycles. The van der Waals surface area contributed by atoms with E-state index in [9.17, 15) is 0 Å². The fourth-order valence-corrected chi connectivity index (χ4v) is 3.17. The van der Waals surface area contributed by atoms with E-state index in [0.29, 0.717) is 12.6 Å². The number of nitrogens with zero attached hydrogens (tertiary/aromatic N) is 5. The molecule has 1 saturated heterocycles. The van der Waals surface area contributed by atoms with Crippen LogP contribution in [-0.4, -0.2) is 44.2 Å². The molecule has 0 bridgehead atoms. The average molecular weight is 273 g/mol. The largest absolute Gasteiger partial charge is 0.373 e. The standard InChI is InChI=1S/C14H19N5O/c1-3-15-18(4-1)13-2-5-17(10-13)9-12-8-16-19-6-7-20-11-14(12)19/h1,3-4,8,13H,2,5-7,9-11H2. The third-order valence-corrected chi connectivity index (χ3v) is 4.26. The van der Waals surface area contributed by atoms with Gasteiger partial charge in [0.15, 0.2) is 0 Å². The fourth-order valence-electron chi connectivity index (χ4n) is 3.17. The third kappa shape index (κ3) is 2.14. The van der Waals surface area contributed by atoms with Crippen LogP contribution in [0.5, 0.6) is 0 Å². The normalized spacial score (nSPS) is 23.1. The molecule has 6 heteroatoms. The van der Waals surface area contributed by atoms with Crippen molar-refractivity contribution < 1.29 is 4.74 Å². The molecule has 4 rings (SSSR count). The molecule has 0 amide bonds. The van der Waals surface area contributed by atoms with Crippen LogP contribution in [0.15, 0.2) is 24.7 Å². The number of hydrogen-bond acceptors (Lipinski definition) is 4. The van der Waals surface area contributed by atoms with Gasteiger partial charge in [-0.1, -0.05) is 0 Å². The fraction of sp³-hybridized carbons (Fsp3) is 0.571. The van der Waals surface area contributed by atoms with Gasteiger partial charge in [0.05, 0.1) is 37.7 Å². The molecule has 0 aliphatic carbocycles. The third-order valence-electron chi connectivity index (χ3n) is 4.26. The Hall–Kier alpha value is -1.66. The maximum atomic E-state index is 5.55. The predicted molar refractivity (Wildman–Crippen MR) is 73.0 cm³/mol. The number of aromatic nitrogens is 4. The molecule has 2 aromatic heterocycles. The van der Waals surface area contributed by atoms with Crippen molar-refractivity contribution in [3.63, 3.8) is 0 Å². The van der Waals surface area contributed by atoms with Gasteiger partial charge in [0.25, 0.3) is 0 Å². The minimum atomic E-state index is 0.507. The van der Waals surface area contributed by atoms with Crippen LogP contribution < -0.4 is 0 Å². The lowest BCUT2D eigenvalue weighted by Crippen LogP contribution is -2.23. The number of likely N-dealkylation sites (tertiary alicyclic amines) is 1. The van der Waals surface area contributed by atoms with E-state index >= 15 is 0 Å². The maximum Gasteiger partial charge on any atom is 0.0889 e. The molecule has 1 fully saturated rings. The topological polar surface area (TPSA) is 48.1 Å². The van der Waals surface area contributed by atoms with Gasteiger partial charge in [-0.3, -0.25) is 14.3 Å². The zero-order chi connectivity index (χ0) is 13.4. The molecule has 1 atom stereocenters. The van der Waals surface area contributed by atoms with E-state index in [2.05, 4.69) is 30.7 Å². The molecule has 2 aromatic rings. The lowest BCUT2D eigenvalue weighted by Gasteiger charge is -2.19. The zero-order valence-corrected chi connectivity index (χ0v) is 11.5. The number of hydrogen-bond donors (Lipinski definition) is 0. The summed E-state index contributed by atoms with van der Waals surface area (Å²) in [6, 6.07) is 2.50. The SMILES string of the molecule is c1cnn(C2CCN(Cc3cnn4c3COCC4)C2)c1. The van der Waals surface area contributed by atoms with Crippen LogP contribution >= 0.6 is 0 Å². The van der Waals surface area contributed by atoms with E-state index in [0.717, 1.165) is 32.8 Å². The average Bonchev–Trinajstić information content (AvgIpc) is 3.19. The molecule has 0 saturated carbocycles. The molecular formula is C14H19N5O. The molecule has 106 valence electrons. The summed E-state index contributed by atoms with van der Waals surface area (Å²) in [6.07, 6.45) is 7.09. The second kappa shape index (κ2) is 5.03. The Labute approximate surface area is 117 Å². The Balaban J connectivity index is 1.44. The van der Waals surface area contributed by atoms with Crippen molar-refractivity contribution in [2.75, 3.05) is 19.7 Å². The first kappa shape index (κ1) is 12.1. The van der Waals surface area contributed by atoms with Crippen LogP contribution in [0.25, 0.3) is 0 Å². The second-order valence-electron chi connectivity index (χ2n) is 5.56. The lowest BCUT2D eigenvalue weighted by atomic mass is 10.2. The molecular weight excluding hydrogens is 254 g/mol. The summed E-state index contributed by atoms with van der Waals surface area (Å²) in [4.78, 5) is 2.48. The van der Waals surface area contributed by atoms with Crippen LogP contribution in [0.2, 0.25) is 0 Å². The predicted octanol–water partition coefficient (Wildman–Crippen LogP) is 1.06. The van der Waals surface area contributed by atoms with Crippen LogP contribution in [0, 0.1) is 0 Å². The van der Waals surface area contributed by atoms with E-state index in [4.69, 9.17) is 4.74 Å². The van der Waals surface area contributed by atoms with Crippen molar-refractivity contribution >= 4 is 0 Å². The van der Waals surface area contributed by atoms with Crippen molar-refractivity contribution in [1.29, 1.82) is 0 Å². The first-order valence-corrected chi connectivity index (χ1v) is 7.23. The van der Waals surface area contributed by atoms with Gasteiger partial charge in [-0.2, -0.15) is 10.2 Å². The number of fused-ring (bicyclic) bond motifs is 1. The van der Waals surface area contributed by atoms with Crippen molar-refractivity contribution in [3.05, 3.63) is 35.9 Å². The smallest absolute Gasteiger partial charge is 0.0889 e. The number of rotatable bonds is 3. The molecule has 4 heterocycles. The van der Waals surface area contributed by atoms with Crippen molar-refractivity contribution in [1.82, 2.24) is 24.5 Å². The summed E-state index contributed by atoms with van der Waals surface area (Å²) >= 11 is 0. The Morgan fingerprint density at radius 1 is 1.30 bits per heavy atom. The van der Waals surface area contributed by atoms with Crippen LogP contribution in [0.4, 0.5) is 0 Å². The second-order valence-corrected chi connectivity index (χ2v) is 5.56. The summed E-state index contributed by atoms with van der Waals surface area (Å²) < 4.78 is 9.71. The van der Waals surface area contributed by atoms with E-state index in [-0.39, 0.29) is 0 Å². The highest BCUT2D eigenvalue weighted by Crippen LogP contribution is 2.24. The van der Waals surface area contributed by atoms with Crippen LogP contribution in [0.1, 0.15) is 23.7 Å². The highest BCUT2D eigenvalue weighted by molar-refractivity contribution is 5.18. The molecule has 1 unspecified atom stereocenters. The van der Waals surface area contributed by atoms with E-state index in [1.807, 2.05) is 18.5 Å². The molecule has 0 spiro atoms. The van der Waals surface area contributed by atoms with Crippen molar-refractivity contribution in [3.8, 4) is 0 Å². The van der Waals surface area contributed by atoms with Gasteiger partial charge in [0.1, 0.15) is 0 Å². The van der Waals surface area contributed by atoms with Gasteiger partial charge in [0.2, 0.25) is 0 Å². The van der Waals surface area contributed by atoms with Gasteiger partial charge in [-0.15, -0.1) is 0 Å². The van der Waals surface area contributed by atoms with E-state index in [1.54, 1.807) is 0 Å².